The summed E-state index contributed by atoms with van der Waals surface area (Å²) in [4.78, 5) is 14.7. The minimum atomic E-state index is -4.38. The van der Waals surface area contributed by atoms with Crippen molar-refractivity contribution in [3.8, 4) is 0 Å². The van der Waals surface area contributed by atoms with Gasteiger partial charge in [-0.1, -0.05) is 6.07 Å². The van der Waals surface area contributed by atoms with Gasteiger partial charge in [0.1, 0.15) is 6.54 Å². The minimum absolute atomic E-state index is 0.205. The number of carbonyl (C=O) groups is 1. The number of thiophene rings is 1. The van der Waals surface area contributed by atoms with Crippen LogP contribution in [0.4, 0.5) is 18.9 Å². The molecular formula is C17H20F3N2OS+. The van der Waals surface area contributed by atoms with Crippen LogP contribution >= 0.6 is 11.3 Å². The fourth-order valence-corrected chi connectivity index (χ4v) is 3.16. The molecule has 0 aliphatic rings. The van der Waals surface area contributed by atoms with E-state index in [0.717, 1.165) is 30.1 Å². The zero-order valence-corrected chi connectivity index (χ0v) is 14.3. The van der Waals surface area contributed by atoms with Gasteiger partial charge >= 0.3 is 6.18 Å². The molecule has 7 heteroatoms. The van der Waals surface area contributed by atoms with E-state index in [0.29, 0.717) is 5.69 Å². The molecule has 1 amide bonds. The summed E-state index contributed by atoms with van der Waals surface area (Å²) in [5.41, 5.74) is -0.363. The third-order valence-electron chi connectivity index (χ3n) is 3.92. The first-order chi connectivity index (χ1) is 11.3. The first kappa shape index (κ1) is 18.5. The summed E-state index contributed by atoms with van der Waals surface area (Å²) in [6, 6.07) is 8.18. The quantitative estimate of drug-likeness (QED) is 0.818. The van der Waals surface area contributed by atoms with E-state index in [1.807, 2.05) is 31.4 Å². The largest absolute Gasteiger partial charge is 0.416 e. The van der Waals surface area contributed by atoms with Crippen molar-refractivity contribution >= 4 is 22.9 Å². The van der Waals surface area contributed by atoms with Gasteiger partial charge in [-0.15, -0.1) is 11.3 Å². The van der Waals surface area contributed by atoms with Gasteiger partial charge in [0.2, 0.25) is 0 Å². The van der Waals surface area contributed by atoms with Crippen LogP contribution < -0.4 is 10.2 Å². The van der Waals surface area contributed by atoms with E-state index in [2.05, 4.69) is 5.32 Å². The van der Waals surface area contributed by atoms with Crippen LogP contribution in [0.3, 0.4) is 0 Å². The van der Waals surface area contributed by atoms with Crippen molar-refractivity contribution in [1.29, 1.82) is 0 Å². The van der Waals surface area contributed by atoms with Gasteiger partial charge in [0.05, 0.1) is 17.0 Å². The Bertz CT molecular complexity index is 653. The molecule has 0 spiro atoms. The molecule has 2 atom stereocenters. The summed E-state index contributed by atoms with van der Waals surface area (Å²) in [6.07, 6.45) is -4.38. The van der Waals surface area contributed by atoms with Gasteiger partial charge in [0.25, 0.3) is 5.91 Å². The fraction of sp³-hybridized carbons (Fsp3) is 0.353. The zero-order chi connectivity index (χ0) is 17.7. The van der Waals surface area contributed by atoms with Crippen molar-refractivity contribution < 1.29 is 22.9 Å². The van der Waals surface area contributed by atoms with Crippen molar-refractivity contribution in [2.45, 2.75) is 32.6 Å². The highest BCUT2D eigenvalue weighted by Gasteiger charge is 2.30. The number of nitrogens with one attached hydrogen (secondary N) is 2. The number of halogens is 3. The van der Waals surface area contributed by atoms with Gasteiger partial charge in [-0.2, -0.15) is 13.2 Å². The Hall–Kier alpha value is -1.86. The van der Waals surface area contributed by atoms with Crippen LogP contribution in [0.2, 0.25) is 0 Å². The molecule has 1 aromatic carbocycles. The highest BCUT2D eigenvalue weighted by Crippen LogP contribution is 2.29. The smallest absolute Gasteiger partial charge is 0.321 e. The average molecular weight is 357 g/mol. The molecule has 0 aliphatic carbocycles. The Kier molecular flexibility index (Phi) is 6.01. The predicted octanol–water partition coefficient (Wildman–Crippen LogP) is 3.20. The molecule has 0 bridgehead atoms. The molecule has 1 heterocycles. The molecule has 0 aliphatic heterocycles. The number of carbonyl (C=O) groups excluding carboxylic acids is 1. The highest BCUT2D eigenvalue weighted by molar-refractivity contribution is 7.09. The third kappa shape index (κ3) is 4.82. The molecule has 130 valence electrons. The van der Waals surface area contributed by atoms with E-state index >= 15 is 0 Å². The SMILES string of the molecule is CC[NH+](Cc1cccs1)[C@H](C)C(=O)Nc1ccc(C(F)(F)F)cc1. The lowest BCUT2D eigenvalue weighted by atomic mass is 10.2. The van der Waals surface area contributed by atoms with Crippen LogP contribution in [-0.2, 0) is 17.5 Å². The maximum absolute atomic E-state index is 12.6. The third-order valence-corrected chi connectivity index (χ3v) is 4.80. The summed E-state index contributed by atoms with van der Waals surface area (Å²) < 4.78 is 37.7. The molecule has 3 nitrogen and oxygen atoms in total. The maximum Gasteiger partial charge on any atom is 0.416 e. The minimum Gasteiger partial charge on any atom is -0.321 e. The first-order valence-corrected chi connectivity index (χ1v) is 8.54. The molecule has 2 aromatic rings. The lowest BCUT2D eigenvalue weighted by Gasteiger charge is -2.23. The van der Waals surface area contributed by atoms with E-state index in [-0.39, 0.29) is 11.9 Å². The van der Waals surface area contributed by atoms with Gasteiger partial charge < -0.3 is 10.2 Å². The lowest BCUT2D eigenvalue weighted by Crippen LogP contribution is -3.15. The van der Waals surface area contributed by atoms with Gasteiger partial charge in [0, 0.05) is 5.69 Å². The van der Waals surface area contributed by atoms with Gasteiger partial charge in [-0.05, 0) is 49.6 Å². The first-order valence-electron chi connectivity index (χ1n) is 7.66. The molecule has 0 saturated carbocycles. The summed E-state index contributed by atoms with van der Waals surface area (Å²) >= 11 is 1.64. The topological polar surface area (TPSA) is 33.5 Å². The Labute approximate surface area is 143 Å². The molecule has 2 N–H and O–H groups in total. The number of amides is 1. The van der Waals surface area contributed by atoms with E-state index in [4.69, 9.17) is 0 Å². The molecule has 1 unspecified atom stereocenters. The monoisotopic (exact) mass is 357 g/mol. The van der Waals surface area contributed by atoms with Crippen molar-refractivity contribution in [3.63, 3.8) is 0 Å². The van der Waals surface area contributed by atoms with Crippen LogP contribution in [0.25, 0.3) is 0 Å². The number of alkyl halides is 3. The number of hydrogen-bond donors (Lipinski definition) is 2. The van der Waals surface area contributed by atoms with Gasteiger partial charge in [-0.25, -0.2) is 0 Å². The molecule has 0 saturated heterocycles. The number of benzene rings is 1. The number of likely N-dealkylation sites (N-methyl/N-ethyl adjacent to an activating group) is 1. The molecular weight excluding hydrogens is 337 g/mol. The summed E-state index contributed by atoms with van der Waals surface area (Å²) in [6.45, 7) is 5.35. The lowest BCUT2D eigenvalue weighted by molar-refractivity contribution is -0.925. The summed E-state index contributed by atoms with van der Waals surface area (Å²) in [5, 5.41) is 4.69. The van der Waals surface area contributed by atoms with Gasteiger partial charge in [-0.3, -0.25) is 4.79 Å². The summed E-state index contributed by atoms with van der Waals surface area (Å²) in [5.74, 6) is -0.205. The molecule has 1 aromatic heterocycles. The van der Waals surface area contributed by atoms with Crippen molar-refractivity contribution in [2.24, 2.45) is 0 Å². The van der Waals surface area contributed by atoms with Crippen LogP contribution in [0.15, 0.2) is 41.8 Å². The number of hydrogen-bond acceptors (Lipinski definition) is 2. The van der Waals surface area contributed by atoms with E-state index in [9.17, 15) is 18.0 Å². The predicted molar refractivity (Wildman–Crippen MR) is 89.1 cm³/mol. The Balaban J connectivity index is 1.99. The van der Waals surface area contributed by atoms with Crippen LogP contribution in [0.5, 0.6) is 0 Å². The standard InChI is InChI=1S/C17H19F3N2OS/c1-3-22(11-15-5-4-10-24-15)12(2)16(23)21-14-8-6-13(7-9-14)17(18,19)20/h4-10,12H,3,11H2,1-2H3,(H,21,23)/p+1/t12-/m1/s1. The molecule has 24 heavy (non-hydrogen) atoms. The molecule has 2 rings (SSSR count). The second-order valence-electron chi connectivity index (χ2n) is 5.55. The van der Waals surface area contributed by atoms with Crippen LogP contribution in [0.1, 0.15) is 24.3 Å². The number of rotatable bonds is 6. The Morgan fingerprint density at radius 1 is 1.25 bits per heavy atom. The van der Waals surface area contributed by atoms with Crippen LogP contribution in [0, 0.1) is 0 Å². The highest BCUT2D eigenvalue weighted by atomic mass is 32.1. The number of quaternary nitrogens is 1. The normalized spacial score (nSPS) is 14.2. The average Bonchev–Trinajstić information content (AvgIpc) is 3.04. The molecule has 0 radical (unpaired) electrons. The maximum atomic E-state index is 12.6. The Morgan fingerprint density at radius 2 is 1.92 bits per heavy atom. The van der Waals surface area contributed by atoms with Crippen LogP contribution in [-0.4, -0.2) is 18.5 Å². The second-order valence-corrected chi connectivity index (χ2v) is 6.59. The van der Waals surface area contributed by atoms with Crippen molar-refractivity contribution in [2.75, 3.05) is 11.9 Å². The Morgan fingerprint density at radius 3 is 2.42 bits per heavy atom. The van der Waals surface area contributed by atoms with Crippen molar-refractivity contribution in [1.82, 2.24) is 0 Å². The molecule has 0 fully saturated rings. The number of anilines is 1. The van der Waals surface area contributed by atoms with E-state index < -0.39 is 11.7 Å². The van der Waals surface area contributed by atoms with Gasteiger partial charge in [0.15, 0.2) is 6.04 Å². The van der Waals surface area contributed by atoms with E-state index in [1.165, 1.54) is 17.0 Å². The summed E-state index contributed by atoms with van der Waals surface area (Å²) in [7, 11) is 0. The zero-order valence-electron chi connectivity index (χ0n) is 13.5. The second kappa shape index (κ2) is 7.81. The van der Waals surface area contributed by atoms with Crippen molar-refractivity contribution in [3.05, 3.63) is 52.2 Å². The fourth-order valence-electron chi connectivity index (χ4n) is 2.40. The van der Waals surface area contributed by atoms with E-state index in [1.54, 1.807) is 11.3 Å².